The molecule has 0 saturated carbocycles. The molecule has 0 aliphatic carbocycles. The third-order valence-electron chi connectivity index (χ3n) is 0.584. The minimum atomic E-state index is 0.394. The predicted octanol–water partition coefficient (Wildman–Crippen LogP) is 0.218. The highest BCUT2D eigenvalue weighted by molar-refractivity contribution is 7.81. The molecule has 1 aliphatic heterocycles. The smallest absolute Gasteiger partial charge is 0.263 e. The maximum Gasteiger partial charge on any atom is 0.263 e. The SMILES string of the molecule is S=C1CNC(=S)O1. The van der Waals surface area contributed by atoms with Crippen LogP contribution < -0.4 is 5.32 Å². The lowest BCUT2D eigenvalue weighted by molar-refractivity contribution is 0.584. The molecule has 0 spiro atoms. The van der Waals surface area contributed by atoms with Gasteiger partial charge in [0.05, 0.1) is 6.54 Å². The highest BCUT2D eigenvalue weighted by Crippen LogP contribution is 1.90. The second-order valence-electron chi connectivity index (χ2n) is 1.12. The Hall–Kier alpha value is -0.220. The van der Waals surface area contributed by atoms with Crippen LogP contribution in [-0.4, -0.2) is 16.8 Å². The van der Waals surface area contributed by atoms with E-state index in [2.05, 4.69) is 29.8 Å². The minimum Gasteiger partial charge on any atom is -0.423 e. The van der Waals surface area contributed by atoms with Gasteiger partial charge in [0.1, 0.15) is 0 Å². The van der Waals surface area contributed by atoms with Crippen molar-refractivity contribution in [2.75, 3.05) is 6.54 Å². The molecule has 1 fully saturated rings. The van der Waals surface area contributed by atoms with Crippen molar-refractivity contribution in [1.29, 1.82) is 0 Å². The van der Waals surface area contributed by atoms with Crippen LogP contribution in [0.3, 0.4) is 0 Å². The summed E-state index contributed by atoms with van der Waals surface area (Å²) >= 11 is 9.20. The molecular formula is C3H3NOS2. The van der Waals surface area contributed by atoms with Gasteiger partial charge in [0.2, 0.25) is 0 Å². The summed E-state index contributed by atoms with van der Waals surface area (Å²) < 4.78 is 4.71. The summed E-state index contributed by atoms with van der Waals surface area (Å²) in [4.78, 5) is 0. The molecule has 1 heterocycles. The molecule has 7 heavy (non-hydrogen) atoms. The highest BCUT2D eigenvalue weighted by atomic mass is 32.1. The summed E-state index contributed by atoms with van der Waals surface area (Å²) in [5, 5.41) is 3.66. The van der Waals surface area contributed by atoms with Gasteiger partial charge < -0.3 is 10.1 Å². The monoisotopic (exact) mass is 133 g/mol. The van der Waals surface area contributed by atoms with E-state index in [-0.39, 0.29) is 0 Å². The first-order chi connectivity index (χ1) is 3.29. The Morgan fingerprint density at radius 1 is 1.57 bits per heavy atom. The fourth-order valence-electron chi connectivity index (χ4n) is 0.320. The molecule has 0 atom stereocenters. The molecule has 0 radical (unpaired) electrons. The van der Waals surface area contributed by atoms with Crippen LogP contribution in [0.4, 0.5) is 0 Å². The van der Waals surface area contributed by atoms with Gasteiger partial charge in [-0.05, 0) is 24.4 Å². The quantitative estimate of drug-likeness (QED) is 0.477. The van der Waals surface area contributed by atoms with Crippen LogP contribution in [0.15, 0.2) is 0 Å². The van der Waals surface area contributed by atoms with E-state index in [4.69, 9.17) is 4.74 Å². The molecule has 0 aromatic rings. The van der Waals surface area contributed by atoms with E-state index in [0.717, 1.165) is 0 Å². The molecule has 0 bridgehead atoms. The number of thiocarbonyl (C=S) groups is 2. The lowest BCUT2D eigenvalue weighted by Crippen LogP contribution is -2.11. The van der Waals surface area contributed by atoms with Gasteiger partial charge in [-0.1, -0.05) is 0 Å². The van der Waals surface area contributed by atoms with Gasteiger partial charge in [0, 0.05) is 0 Å². The van der Waals surface area contributed by atoms with Crippen LogP contribution in [0.2, 0.25) is 0 Å². The number of hydrogen-bond donors (Lipinski definition) is 1. The maximum absolute atomic E-state index is 4.71. The summed E-state index contributed by atoms with van der Waals surface area (Å²) in [6.45, 7) is 0.591. The van der Waals surface area contributed by atoms with Crippen LogP contribution in [-0.2, 0) is 4.74 Å². The Morgan fingerprint density at radius 3 is 2.43 bits per heavy atom. The van der Waals surface area contributed by atoms with Crippen molar-refractivity contribution < 1.29 is 4.74 Å². The Balaban J connectivity index is 2.55. The summed E-state index contributed by atoms with van der Waals surface area (Å²) in [5.41, 5.74) is 0. The summed E-state index contributed by atoms with van der Waals surface area (Å²) in [6, 6.07) is 0. The Labute approximate surface area is 51.8 Å². The first kappa shape index (κ1) is 4.93. The molecular weight excluding hydrogens is 130 g/mol. The van der Waals surface area contributed by atoms with Crippen molar-refractivity contribution in [2.45, 2.75) is 0 Å². The second kappa shape index (κ2) is 1.71. The van der Waals surface area contributed by atoms with Gasteiger partial charge in [-0.3, -0.25) is 0 Å². The first-order valence-electron chi connectivity index (χ1n) is 1.77. The molecule has 38 valence electrons. The van der Waals surface area contributed by atoms with Crippen molar-refractivity contribution in [3.05, 3.63) is 0 Å². The zero-order chi connectivity index (χ0) is 5.28. The van der Waals surface area contributed by atoms with E-state index in [9.17, 15) is 0 Å². The van der Waals surface area contributed by atoms with Gasteiger partial charge >= 0.3 is 0 Å². The lowest BCUT2D eigenvalue weighted by atomic mass is 10.7. The van der Waals surface area contributed by atoms with Gasteiger partial charge in [-0.2, -0.15) is 0 Å². The van der Waals surface area contributed by atoms with Crippen molar-refractivity contribution >= 4 is 34.7 Å². The zero-order valence-electron chi connectivity index (χ0n) is 3.43. The van der Waals surface area contributed by atoms with E-state index < -0.39 is 0 Å². The highest BCUT2D eigenvalue weighted by Gasteiger charge is 2.09. The summed E-state index contributed by atoms with van der Waals surface area (Å²) in [6.07, 6.45) is 0. The van der Waals surface area contributed by atoms with Crippen molar-refractivity contribution in [2.24, 2.45) is 0 Å². The molecule has 2 nitrogen and oxygen atoms in total. The van der Waals surface area contributed by atoms with Crippen LogP contribution >= 0.6 is 24.4 Å². The average Bonchev–Trinajstić information content (AvgIpc) is 1.87. The van der Waals surface area contributed by atoms with Gasteiger partial charge in [-0.25, -0.2) is 0 Å². The third kappa shape index (κ3) is 1.07. The molecule has 0 unspecified atom stereocenters. The standard InChI is InChI=1S/C3H3NOS2/c6-2-1-4-3(7)5-2/h1H2,(H,4,7). The van der Waals surface area contributed by atoms with E-state index >= 15 is 0 Å². The van der Waals surface area contributed by atoms with E-state index in [1.165, 1.54) is 0 Å². The Bertz CT molecular complexity index is 108. The van der Waals surface area contributed by atoms with Gasteiger partial charge in [0.15, 0.2) is 5.05 Å². The molecule has 1 saturated heterocycles. The van der Waals surface area contributed by atoms with Crippen LogP contribution in [0.5, 0.6) is 0 Å². The van der Waals surface area contributed by atoms with E-state index in [1.807, 2.05) is 0 Å². The largest absolute Gasteiger partial charge is 0.423 e. The molecule has 0 amide bonds. The molecule has 4 heteroatoms. The van der Waals surface area contributed by atoms with Crippen LogP contribution in [0, 0.1) is 0 Å². The maximum atomic E-state index is 4.71. The van der Waals surface area contributed by atoms with Gasteiger partial charge in [0.25, 0.3) is 5.17 Å². The molecule has 1 rings (SSSR count). The van der Waals surface area contributed by atoms with Crippen LogP contribution in [0.25, 0.3) is 0 Å². The van der Waals surface area contributed by atoms with Crippen molar-refractivity contribution in [1.82, 2.24) is 5.32 Å². The van der Waals surface area contributed by atoms with E-state index in [1.54, 1.807) is 0 Å². The Kier molecular flexibility index (Phi) is 1.21. The lowest BCUT2D eigenvalue weighted by Gasteiger charge is -1.84. The molecule has 0 aromatic heterocycles. The number of ether oxygens (including phenoxy) is 1. The van der Waals surface area contributed by atoms with Crippen molar-refractivity contribution in [3.63, 3.8) is 0 Å². The number of rotatable bonds is 0. The minimum absolute atomic E-state index is 0.394. The Morgan fingerprint density at radius 2 is 2.29 bits per heavy atom. The average molecular weight is 133 g/mol. The van der Waals surface area contributed by atoms with Gasteiger partial charge in [-0.15, -0.1) is 0 Å². The number of nitrogens with one attached hydrogen (secondary N) is 1. The molecule has 1 aliphatic rings. The summed E-state index contributed by atoms with van der Waals surface area (Å²) in [7, 11) is 0. The second-order valence-corrected chi connectivity index (χ2v) is 1.94. The fourth-order valence-corrected chi connectivity index (χ4v) is 0.701. The topological polar surface area (TPSA) is 21.3 Å². The normalized spacial score (nSPS) is 18.9. The van der Waals surface area contributed by atoms with E-state index in [0.29, 0.717) is 16.8 Å². The fraction of sp³-hybridized carbons (Fsp3) is 0.333. The molecule has 1 N–H and O–H groups in total. The molecule has 0 aromatic carbocycles. The third-order valence-corrected chi connectivity index (χ3v) is 1.04. The van der Waals surface area contributed by atoms with Crippen LogP contribution in [0.1, 0.15) is 0 Å². The summed E-state index contributed by atoms with van der Waals surface area (Å²) in [5.74, 6) is 0. The number of hydrogen-bond acceptors (Lipinski definition) is 3. The van der Waals surface area contributed by atoms with Crippen molar-refractivity contribution in [3.8, 4) is 0 Å². The zero-order valence-corrected chi connectivity index (χ0v) is 5.06. The first-order valence-corrected chi connectivity index (χ1v) is 2.59. The predicted molar refractivity (Wildman–Crippen MR) is 34.3 cm³/mol.